The van der Waals surface area contributed by atoms with Gasteiger partial charge in [-0.15, -0.1) is 0 Å². The molecule has 0 N–H and O–H groups in total. The van der Waals surface area contributed by atoms with Crippen molar-refractivity contribution in [1.29, 1.82) is 0 Å². The van der Waals surface area contributed by atoms with Crippen molar-refractivity contribution in [2.45, 2.75) is 78.6 Å². The van der Waals surface area contributed by atoms with Crippen LogP contribution in [-0.4, -0.2) is 11.3 Å². The average Bonchev–Trinajstić information content (AvgIpc) is 3.45. The van der Waals surface area contributed by atoms with Crippen LogP contribution in [0.5, 0.6) is 0 Å². The maximum Gasteiger partial charge on any atom is 0.333 e. The van der Waals surface area contributed by atoms with Gasteiger partial charge in [-0.1, -0.05) is 141 Å². The molecule has 7 aromatic carbocycles. The SMILES string of the molecule is CC(C)(C)c1cc(N2c3cc(C(C)(C)C)cc4c3B(c3c2ccc2cc5ccccc5cc32)n2c3ccccc3c3cccc-4c32)cc(C(C)(C)C)c1. The molecule has 2 aliphatic heterocycles. The summed E-state index contributed by atoms with van der Waals surface area (Å²) in [5.74, 6) is 0. The summed E-state index contributed by atoms with van der Waals surface area (Å²) in [6.45, 7) is 21.1. The highest BCUT2D eigenvalue weighted by Crippen LogP contribution is 2.48. The first-order chi connectivity index (χ1) is 25.2. The smallest absolute Gasteiger partial charge is 0.333 e. The Hall–Kier alpha value is -5.28. The minimum atomic E-state index is -0.0445. The zero-order valence-corrected chi connectivity index (χ0v) is 32.5. The Labute approximate surface area is 314 Å². The molecule has 0 spiro atoms. The van der Waals surface area contributed by atoms with Crippen LogP contribution in [0.25, 0.3) is 54.5 Å². The summed E-state index contributed by atoms with van der Waals surface area (Å²) in [6.07, 6.45) is 0. The largest absolute Gasteiger partial charge is 0.375 e. The lowest BCUT2D eigenvalue weighted by Gasteiger charge is -2.42. The number of fused-ring (bicyclic) bond motifs is 10. The molecule has 0 radical (unpaired) electrons. The van der Waals surface area contributed by atoms with Crippen molar-refractivity contribution in [2.24, 2.45) is 0 Å². The zero-order chi connectivity index (χ0) is 36.8. The van der Waals surface area contributed by atoms with Gasteiger partial charge in [-0.05, 0) is 113 Å². The molecule has 1 aromatic heterocycles. The second-order valence-corrected chi connectivity index (χ2v) is 18.7. The Morgan fingerprint density at radius 2 is 1.06 bits per heavy atom. The Bertz CT molecular complexity index is 2820. The van der Waals surface area contributed by atoms with E-state index in [-0.39, 0.29) is 23.1 Å². The van der Waals surface area contributed by atoms with Crippen LogP contribution in [0.1, 0.15) is 79.0 Å². The number of para-hydroxylation sites is 2. The summed E-state index contributed by atoms with van der Waals surface area (Å²) >= 11 is 0. The Morgan fingerprint density at radius 3 is 1.75 bits per heavy atom. The van der Waals surface area contributed by atoms with Crippen molar-refractivity contribution in [3.63, 3.8) is 0 Å². The fraction of sp³-hybridized carbons (Fsp3) is 0.240. The van der Waals surface area contributed by atoms with Crippen LogP contribution >= 0.6 is 0 Å². The number of aromatic nitrogens is 1. The van der Waals surface area contributed by atoms with E-state index in [0.717, 1.165) is 0 Å². The van der Waals surface area contributed by atoms with Gasteiger partial charge >= 0.3 is 6.85 Å². The van der Waals surface area contributed by atoms with Gasteiger partial charge in [0.25, 0.3) is 0 Å². The maximum absolute atomic E-state index is 2.69. The number of hydrogen-bond acceptors (Lipinski definition) is 1. The van der Waals surface area contributed by atoms with Crippen LogP contribution in [0, 0.1) is 0 Å². The molecule has 0 aliphatic carbocycles. The van der Waals surface area contributed by atoms with E-state index in [0.29, 0.717) is 0 Å². The molecule has 0 bridgehead atoms. The molecule has 2 aliphatic rings. The van der Waals surface area contributed by atoms with Gasteiger partial charge in [-0.3, -0.25) is 0 Å². The molecule has 0 saturated carbocycles. The summed E-state index contributed by atoms with van der Waals surface area (Å²) in [6, 6.07) is 46.9. The van der Waals surface area contributed by atoms with Crippen LogP contribution in [0.15, 0.2) is 121 Å². The van der Waals surface area contributed by atoms with E-state index in [2.05, 4.69) is 193 Å². The van der Waals surface area contributed by atoms with Gasteiger partial charge in [0.2, 0.25) is 0 Å². The molecule has 0 fully saturated rings. The molecule has 10 rings (SSSR count). The van der Waals surface area contributed by atoms with E-state index in [1.54, 1.807) is 0 Å². The molecular formula is C50H47BN2. The normalized spacial score (nSPS) is 14.1. The quantitative estimate of drug-likeness (QED) is 0.123. The van der Waals surface area contributed by atoms with Gasteiger partial charge in [-0.2, -0.15) is 0 Å². The molecule has 260 valence electrons. The van der Waals surface area contributed by atoms with Crippen molar-refractivity contribution in [2.75, 3.05) is 4.90 Å². The lowest BCUT2D eigenvalue weighted by molar-refractivity contribution is 0.569. The fourth-order valence-electron chi connectivity index (χ4n) is 9.23. The molecule has 0 saturated heterocycles. The molecule has 53 heavy (non-hydrogen) atoms. The van der Waals surface area contributed by atoms with Gasteiger partial charge in [0, 0.05) is 44.4 Å². The topological polar surface area (TPSA) is 8.17 Å². The van der Waals surface area contributed by atoms with E-state index >= 15 is 0 Å². The van der Waals surface area contributed by atoms with Gasteiger partial charge < -0.3 is 9.38 Å². The molecule has 8 aromatic rings. The lowest BCUT2D eigenvalue weighted by atomic mass is 9.44. The van der Waals surface area contributed by atoms with E-state index in [9.17, 15) is 0 Å². The summed E-state index contributed by atoms with van der Waals surface area (Å²) in [5, 5.41) is 7.80. The number of hydrogen-bond donors (Lipinski definition) is 0. The van der Waals surface area contributed by atoms with Crippen molar-refractivity contribution < 1.29 is 0 Å². The highest BCUT2D eigenvalue weighted by molar-refractivity contribution is 6.91. The Morgan fingerprint density at radius 1 is 0.434 bits per heavy atom. The third-order valence-electron chi connectivity index (χ3n) is 12.1. The first-order valence-corrected chi connectivity index (χ1v) is 19.3. The molecule has 3 heterocycles. The summed E-state index contributed by atoms with van der Waals surface area (Å²) in [7, 11) is 0. The van der Waals surface area contributed by atoms with Gasteiger partial charge in [0.05, 0.1) is 0 Å². The Balaban J connectivity index is 1.43. The van der Waals surface area contributed by atoms with Crippen LogP contribution in [0.4, 0.5) is 17.1 Å². The number of benzene rings is 7. The monoisotopic (exact) mass is 686 g/mol. The maximum atomic E-state index is 2.69. The number of anilines is 3. The van der Waals surface area contributed by atoms with E-state index < -0.39 is 0 Å². The molecule has 0 amide bonds. The summed E-state index contributed by atoms with van der Waals surface area (Å²) < 4.78 is 2.69. The third-order valence-corrected chi connectivity index (χ3v) is 12.1. The van der Waals surface area contributed by atoms with E-state index in [1.165, 1.54) is 99.2 Å². The second-order valence-electron chi connectivity index (χ2n) is 18.7. The second kappa shape index (κ2) is 10.7. The standard InChI is InChI=1S/C50H47BN2/c1-48(2,3)33-25-34(49(4,5)6)27-36(26-33)52-43-22-21-32-23-30-15-10-11-16-31(30)24-40(32)45(43)51-46-41(28-35(29-44(46)52)50(7,8)9)39-19-14-18-38-37-17-12-13-20-42(37)53(51)47(38)39/h10-29H,1-9H3. The Kier molecular flexibility index (Phi) is 6.51. The predicted molar refractivity (Wildman–Crippen MR) is 231 cm³/mol. The summed E-state index contributed by atoms with van der Waals surface area (Å²) in [5.41, 5.74) is 15.9. The van der Waals surface area contributed by atoms with Crippen LogP contribution in [0.3, 0.4) is 0 Å². The van der Waals surface area contributed by atoms with E-state index in [4.69, 9.17) is 0 Å². The highest BCUT2D eigenvalue weighted by atomic mass is 15.2. The van der Waals surface area contributed by atoms with Crippen LogP contribution in [0.2, 0.25) is 0 Å². The first-order valence-electron chi connectivity index (χ1n) is 19.3. The fourth-order valence-corrected chi connectivity index (χ4v) is 9.23. The zero-order valence-electron chi connectivity index (χ0n) is 32.5. The molecule has 3 heteroatoms. The van der Waals surface area contributed by atoms with Crippen molar-refractivity contribution >= 4 is 78.2 Å². The average molecular weight is 687 g/mol. The summed E-state index contributed by atoms with van der Waals surface area (Å²) in [4.78, 5) is 2.63. The first kappa shape index (κ1) is 32.4. The highest BCUT2D eigenvalue weighted by Gasteiger charge is 2.44. The molecule has 0 unspecified atom stereocenters. The van der Waals surface area contributed by atoms with E-state index in [1.807, 2.05) is 0 Å². The van der Waals surface area contributed by atoms with Crippen molar-refractivity contribution in [3.8, 4) is 11.1 Å². The number of nitrogens with zero attached hydrogens (tertiary/aromatic N) is 2. The molecule has 0 atom stereocenters. The predicted octanol–water partition coefficient (Wildman–Crippen LogP) is 12.4. The molecular weight excluding hydrogens is 639 g/mol. The van der Waals surface area contributed by atoms with Gasteiger partial charge in [-0.25, -0.2) is 0 Å². The van der Waals surface area contributed by atoms with Crippen molar-refractivity contribution in [1.82, 2.24) is 4.48 Å². The lowest BCUT2D eigenvalue weighted by Crippen LogP contribution is -2.57. The van der Waals surface area contributed by atoms with Gasteiger partial charge in [0.15, 0.2) is 0 Å². The third kappa shape index (κ3) is 4.65. The number of rotatable bonds is 1. The van der Waals surface area contributed by atoms with Crippen molar-refractivity contribution in [3.05, 3.63) is 138 Å². The minimum Gasteiger partial charge on any atom is -0.375 e. The molecule has 2 nitrogen and oxygen atoms in total. The van der Waals surface area contributed by atoms with Crippen LogP contribution < -0.4 is 15.8 Å². The van der Waals surface area contributed by atoms with Crippen LogP contribution in [-0.2, 0) is 16.2 Å². The van der Waals surface area contributed by atoms with Gasteiger partial charge in [0.1, 0.15) is 0 Å². The minimum absolute atomic E-state index is 0.00434.